The first-order chi connectivity index (χ1) is 10.1. The first kappa shape index (κ1) is 16.3. The Kier molecular flexibility index (Phi) is 6.04. The molecule has 118 valence electrons. The predicted octanol–water partition coefficient (Wildman–Crippen LogP) is 3.90. The number of aromatic nitrogens is 1. The van der Waals surface area contributed by atoms with E-state index in [1.54, 1.807) is 0 Å². The zero-order chi connectivity index (χ0) is 15.2. The molecular formula is C18H31N3. The number of nitrogens with zero attached hydrogens (tertiary/aromatic N) is 2. The van der Waals surface area contributed by atoms with Crippen LogP contribution < -0.4 is 10.2 Å². The molecular weight excluding hydrogens is 258 g/mol. The summed E-state index contributed by atoms with van der Waals surface area (Å²) in [6, 6.07) is 3.00. The van der Waals surface area contributed by atoms with Crippen LogP contribution in [0.4, 0.5) is 5.82 Å². The molecule has 0 unspecified atom stereocenters. The fraction of sp³-hybridized carbons (Fsp3) is 0.722. The molecule has 1 aromatic heterocycles. The van der Waals surface area contributed by atoms with Crippen molar-refractivity contribution in [1.82, 2.24) is 10.3 Å². The van der Waals surface area contributed by atoms with Gasteiger partial charge < -0.3 is 10.2 Å². The van der Waals surface area contributed by atoms with Gasteiger partial charge in [0.05, 0.1) is 0 Å². The number of pyridine rings is 1. The van der Waals surface area contributed by atoms with Gasteiger partial charge in [-0.25, -0.2) is 4.98 Å². The number of aryl methyl sites for hydroxylation is 1. The molecule has 3 heteroatoms. The predicted molar refractivity (Wildman–Crippen MR) is 90.8 cm³/mol. The summed E-state index contributed by atoms with van der Waals surface area (Å²) in [4.78, 5) is 7.29. The van der Waals surface area contributed by atoms with Gasteiger partial charge in [0.2, 0.25) is 0 Å². The molecule has 21 heavy (non-hydrogen) atoms. The van der Waals surface area contributed by atoms with Crippen LogP contribution in [0, 0.1) is 12.8 Å². The van der Waals surface area contributed by atoms with Gasteiger partial charge in [-0.3, -0.25) is 0 Å². The minimum Gasteiger partial charge on any atom is -0.354 e. The van der Waals surface area contributed by atoms with E-state index in [1.165, 1.54) is 42.6 Å². The van der Waals surface area contributed by atoms with Gasteiger partial charge in [-0.15, -0.1) is 0 Å². The Labute approximate surface area is 130 Å². The van der Waals surface area contributed by atoms with Gasteiger partial charge in [-0.05, 0) is 56.3 Å². The van der Waals surface area contributed by atoms with Crippen molar-refractivity contribution < 1.29 is 0 Å². The summed E-state index contributed by atoms with van der Waals surface area (Å²) >= 11 is 0. The quantitative estimate of drug-likeness (QED) is 0.825. The third-order valence-corrected chi connectivity index (χ3v) is 4.37. The van der Waals surface area contributed by atoms with E-state index in [1.807, 2.05) is 6.20 Å². The largest absolute Gasteiger partial charge is 0.354 e. The molecule has 3 nitrogen and oxygen atoms in total. The van der Waals surface area contributed by atoms with Gasteiger partial charge in [0.15, 0.2) is 0 Å². The van der Waals surface area contributed by atoms with Crippen molar-refractivity contribution in [1.29, 1.82) is 0 Å². The molecule has 1 saturated carbocycles. The topological polar surface area (TPSA) is 28.2 Å². The van der Waals surface area contributed by atoms with Crippen LogP contribution in [0.1, 0.15) is 57.6 Å². The lowest BCUT2D eigenvalue weighted by Crippen LogP contribution is -2.34. The second-order valence-corrected chi connectivity index (χ2v) is 6.73. The van der Waals surface area contributed by atoms with Gasteiger partial charge >= 0.3 is 0 Å². The number of rotatable bonds is 7. The molecule has 1 fully saturated rings. The Morgan fingerprint density at radius 1 is 1.33 bits per heavy atom. The van der Waals surface area contributed by atoms with Crippen LogP contribution in [-0.4, -0.2) is 24.1 Å². The van der Waals surface area contributed by atoms with Crippen LogP contribution in [0.15, 0.2) is 12.3 Å². The fourth-order valence-electron chi connectivity index (χ4n) is 3.33. The number of nitrogens with one attached hydrogen (secondary N) is 1. The minimum absolute atomic E-state index is 0.691. The SMILES string of the molecule is CCN(c1ncc(CNCC(C)C)cc1C)C1CCCC1. The molecule has 1 N–H and O–H groups in total. The standard InChI is InChI=1S/C18H31N3/c1-5-21(17-8-6-7-9-17)18-15(4)10-16(13-20-18)12-19-11-14(2)3/h10,13-14,17,19H,5-9,11-12H2,1-4H3. The molecule has 0 saturated heterocycles. The highest BCUT2D eigenvalue weighted by atomic mass is 15.2. The average Bonchev–Trinajstić information content (AvgIpc) is 2.95. The first-order valence-electron chi connectivity index (χ1n) is 8.54. The van der Waals surface area contributed by atoms with Crippen molar-refractivity contribution >= 4 is 5.82 Å². The smallest absolute Gasteiger partial charge is 0.131 e. The van der Waals surface area contributed by atoms with E-state index in [0.29, 0.717) is 12.0 Å². The summed E-state index contributed by atoms with van der Waals surface area (Å²) in [5, 5.41) is 3.49. The van der Waals surface area contributed by atoms with Crippen LogP contribution in [0.2, 0.25) is 0 Å². The van der Waals surface area contributed by atoms with E-state index in [-0.39, 0.29) is 0 Å². The summed E-state index contributed by atoms with van der Waals surface area (Å²) < 4.78 is 0. The van der Waals surface area contributed by atoms with Crippen molar-refractivity contribution in [3.05, 3.63) is 23.4 Å². The highest BCUT2D eigenvalue weighted by Gasteiger charge is 2.23. The highest BCUT2D eigenvalue weighted by Crippen LogP contribution is 2.28. The van der Waals surface area contributed by atoms with Gasteiger partial charge in [0.1, 0.15) is 5.82 Å². The second-order valence-electron chi connectivity index (χ2n) is 6.73. The van der Waals surface area contributed by atoms with E-state index >= 15 is 0 Å². The van der Waals surface area contributed by atoms with E-state index in [9.17, 15) is 0 Å². The highest BCUT2D eigenvalue weighted by molar-refractivity contribution is 5.48. The lowest BCUT2D eigenvalue weighted by atomic mass is 10.1. The monoisotopic (exact) mass is 289 g/mol. The molecule has 1 aliphatic carbocycles. The maximum atomic E-state index is 4.78. The molecule has 0 bridgehead atoms. The normalized spacial score (nSPS) is 15.9. The molecule has 0 radical (unpaired) electrons. The Bertz CT molecular complexity index is 436. The van der Waals surface area contributed by atoms with Gasteiger partial charge in [0, 0.05) is 25.3 Å². The molecule has 2 rings (SSSR count). The number of anilines is 1. The Balaban J connectivity index is 2.03. The molecule has 0 spiro atoms. The van der Waals surface area contributed by atoms with E-state index in [4.69, 9.17) is 4.98 Å². The van der Waals surface area contributed by atoms with Gasteiger partial charge in [0.25, 0.3) is 0 Å². The van der Waals surface area contributed by atoms with E-state index < -0.39 is 0 Å². The van der Waals surface area contributed by atoms with Gasteiger partial charge in [-0.2, -0.15) is 0 Å². The fourth-order valence-corrected chi connectivity index (χ4v) is 3.33. The summed E-state index contributed by atoms with van der Waals surface area (Å²) in [6.07, 6.45) is 7.45. The molecule has 1 aromatic rings. The summed E-state index contributed by atoms with van der Waals surface area (Å²) in [5.74, 6) is 1.88. The Hall–Kier alpha value is -1.09. The molecule has 1 aliphatic rings. The Morgan fingerprint density at radius 2 is 2.05 bits per heavy atom. The van der Waals surface area contributed by atoms with Crippen LogP contribution in [-0.2, 0) is 6.54 Å². The summed E-state index contributed by atoms with van der Waals surface area (Å²) in [7, 11) is 0. The van der Waals surface area contributed by atoms with Crippen molar-refractivity contribution in [3.8, 4) is 0 Å². The van der Waals surface area contributed by atoms with Crippen LogP contribution in [0.3, 0.4) is 0 Å². The first-order valence-corrected chi connectivity index (χ1v) is 8.54. The van der Waals surface area contributed by atoms with E-state index in [0.717, 1.165) is 19.6 Å². The lowest BCUT2D eigenvalue weighted by Gasteiger charge is -2.30. The summed E-state index contributed by atoms with van der Waals surface area (Å²) in [5.41, 5.74) is 2.60. The van der Waals surface area contributed by atoms with Crippen molar-refractivity contribution in [2.24, 2.45) is 5.92 Å². The van der Waals surface area contributed by atoms with E-state index in [2.05, 4.69) is 44.0 Å². The number of hydrogen-bond donors (Lipinski definition) is 1. The van der Waals surface area contributed by atoms with Crippen LogP contribution in [0.25, 0.3) is 0 Å². The molecule has 0 aliphatic heterocycles. The summed E-state index contributed by atoms with van der Waals surface area (Å²) in [6.45, 7) is 12.0. The third-order valence-electron chi connectivity index (χ3n) is 4.37. The molecule has 0 aromatic carbocycles. The average molecular weight is 289 g/mol. The third kappa shape index (κ3) is 4.44. The van der Waals surface area contributed by atoms with Crippen molar-refractivity contribution in [2.75, 3.05) is 18.0 Å². The maximum Gasteiger partial charge on any atom is 0.131 e. The second kappa shape index (κ2) is 7.79. The van der Waals surface area contributed by atoms with Crippen molar-refractivity contribution in [3.63, 3.8) is 0 Å². The zero-order valence-corrected chi connectivity index (χ0v) is 14.2. The number of hydrogen-bond acceptors (Lipinski definition) is 3. The van der Waals surface area contributed by atoms with Crippen LogP contribution in [0.5, 0.6) is 0 Å². The van der Waals surface area contributed by atoms with Gasteiger partial charge in [-0.1, -0.05) is 26.7 Å². The lowest BCUT2D eigenvalue weighted by molar-refractivity contribution is 0.551. The minimum atomic E-state index is 0.691. The maximum absolute atomic E-state index is 4.78. The molecule has 0 amide bonds. The molecule has 0 atom stereocenters. The Morgan fingerprint density at radius 3 is 2.62 bits per heavy atom. The molecule has 1 heterocycles. The van der Waals surface area contributed by atoms with Crippen molar-refractivity contribution in [2.45, 2.75) is 66.0 Å². The zero-order valence-electron chi connectivity index (χ0n) is 14.2. The van der Waals surface area contributed by atoms with Crippen LogP contribution >= 0.6 is 0 Å².